The number of benzene rings is 3. The molecule has 3 heterocycles. The highest BCUT2D eigenvalue weighted by molar-refractivity contribution is 5.93. The molecule has 9 heteroatoms. The lowest BCUT2D eigenvalue weighted by molar-refractivity contribution is -0.135. The SMILES string of the molecule is COc1ccc(-c2cc(=O)c3c(O)cc4c(c3o2)C(c2cc3ccccc3n(CC(C)C)c2=O)CC(=O)O4)cc1O. The summed E-state index contributed by atoms with van der Waals surface area (Å²) in [5.74, 6) is -1.42. The van der Waals surface area contributed by atoms with Crippen molar-refractivity contribution >= 4 is 27.8 Å². The van der Waals surface area contributed by atoms with Gasteiger partial charge in [-0.3, -0.25) is 14.4 Å². The minimum atomic E-state index is -0.812. The summed E-state index contributed by atoms with van der Waals surface area (Å²) in [6.07, 6.45) is -0.167. The highest BCUT2D eigenvalue weighted by Gasteiger charge is 2.35. The summed E-state index contributed by atoms with van der Waals surface area (Å²) in [6, 6.07) is 16.3. The third kappa shape index (κ3) is 4.39. The highest BCUT2D eigenvalue weighted by Crippen LogP contribution is 2.46. The van der Waals surface area contributed by atoms with E-state index in [0.717, 1.165) is 10.9 Å². The predicted molar refractivity (Wildman–Crippen MR) is 153 cm³/mol. The Morgan fingerprint density at radius 3 is 2.51 bits per heavy atom. The number of hydrogen-bond acceptors (Lipinski definition) is 8. The summed E-state index contributed by atoms with van der Waals surface area (Å²) in [4.78, 5) is 40.2. The molecular weight excluding hydrogens is 526 g/mol. The van der Waals surface area contributed by atoms with Gasteiger partial charge in [0, 0.05) is 41.3 Å². The summed E-state index contributed by atoms with van der Waals surface area (Å²) in [5, 5.41) is 21.8. The maximum Gasteiger partial charge on any atom is 0.312 e. The molecule has 0 radical (unpaired) electrons. The van der Waals surface area contributed by atoms with Gasteiger partial charge >= 0.3 is 5.97 Å². The molecule has 3 aromatic carbocycles. The van der Waals surface area contributed by atoms with Crippen molar-refractivity contribution in [3.63, 3.8) is 0 Å². The molecule has 0 bridgehead atoms. The van der Waals surface area contributed by atoms with Gasteiger partial charge in [-0.2, -0.15) is 0 Å². The minimum Gasteiger partial charge on any atom is -0.507 e. The molecule has 1 atom stereocenters. The van der Waals surface area contributed by atoms with Crippen LogP contribution in [0.25, 0.3) is 33.2 Å². The molecule has 0 amide bonds. The number of para-hydroxylation sites is 1. The normalized spacial score (nSPS) is 14.8. The van der Waals surface area contributed by atoms with E-state index in [1.54, 1.807) is 16.7 Å². The van der Waals surface area contributed by atoms with Crippen molar-refractivity contribution < 1.29 is 28.9 Å². The second-order valence-electron chi connectivity index (χ2n) is 10.6. The first-order chi connectivity index (χ1) is 19.7. The Morgan fingerprint density at radius 2 is 1.78 bits per heavy atom. The number of carbonyl (C=O) groups excluding carboxylic acids is 1. The Morgan fingerprint density at radius 1 is 1.00 bits per heavy atom. The number of methoxy groups -OCH3 is 1. The number of phenols is 2. The molecule has 1 unspecified atom stereocenters. The van der Waals surface area contributed by atoms with Gasteiger partial charge < -0.3 is 28.7 Å². The van der Waals surface area contributed by atoms with Crippen LogP contribution in [0.4, 0.5) is 0 Å². The first-order valence-corrected chi connectivity index (χ1v) is 13.2. The summed E-state index contributed by atoms with van der Waals surface area (Å²) < 4.78 is 18.6. The Labute approximate surface area is 233 Å². The van der Waals surface area contributed by atoms with E-state index in [-0.39, 0.29) is 51.9 Å². The number of rotatable bonds is 5. The zero-order valence-corrected chi connectivity index (χ0v) is 22.6. The van der Waals surface area contributed by atoms with Crippen molar-refractivity contribution in [3.8, 4) is 34.3 Å². The fourth-order valence-corrected chi connectivity index (χ4v) is 5.56. The van der Waals surface area contributed by atoms with Gasteiger partial charge in [0.05, 0.1) is 19.0 Å². The number of fused-ring (bicyclic) bond motifs is 4. The number of carbonyl (C=O) groups is 1. The van der Waals surface area contributed by atoms with Crippen LogP contribution in [-0.4, -0.2) is 27.9 Å². The maximum atomic E-state index is 14.0. The summed E-state index contributed by atoms with van der Waals surface area (Å²) in [7, 11) is 1.42. The molecule has 0 saturated heterocycles. The molecule has 9 nitrogen and oxygen atoms in total. The van der Waals surface area contributed by atoms with Gasteiger partial charge in [0.15, 0.2) is 16.9 Å². The molecule has 2 aromatic heterocycles. The Balaban J connectivity index is 1.65. The van der Waals surface area contributed by atoms with Crippen LogP contribution in [0.5, 0.6) is 23.0 Å². The number of nitrogens with zero attached hydrogens (tertiary/aromatic N) is 1. The molecule has 0 aliphatic carbocycles. The van der Waals surface area contributed by atoms with Crippen molar-refractivity contribution in [2.75, 3.05) is 7.11 Å². The fourth-order valence-electron chi connectivity index (χ4n) is 5.56. The van der Waals surface area contributed by atoms with E-state index in [1.165, 1.54) is 31.4 Å². The number of pyridine rings is 1. The van der Waals surface area contributed by atoms with Gasteiger partial charge in [-0.25, -0.2) is 0 Å². The number of esters is 1. The van der Waals surface area contributed by atoms with Crippen LogP contribution in [0.15, 0.2) is 74.7 Å². The third-order valence-electron chi connectivity index (χ3n) is 7.34. The molecular formula is C32H27NO8. The van der Waals surface area contributed by atoms with Crippen molar-refractivity contribution in [1.82, 2.24) is 4.57 Å². The van der Waals surface area contributed by atoms with E-state index < -0.39 is 23.1 Å². The molecule has 0 fully saturated rings. The average molecular weight is 554 g/mol. The third-order valence-corrected chi connectivity index (χ3v) is 7.34. The number of phenolic OH excluding ortho intramolecular Hbond substituents is 2. The first kappa shape index (κ1) is 26.2. The number of hydrogen-bond donors (Lipinski definition) is 2. The monoisotopic (exact) mass is 553 g/mol. The molecule has 5 aromatic rings. The second kappa shape index (κ2) is 9.85. The molecule has 2 N–H and O–H groups in total. The van der Waals surface area contributed by atoms with Crippen LogP contribution >= 0.6 is 0 Å². The van der Waals surface area contributed by atoms with E-state index in [9.17, 15) is 24.6 Å². The first-order valence-electron chi connectivity index (χ1n) is 13.2. The van der Waals surface area contributed by atoms with Crippen LogP contribution in [0.1, 0.15) is 37.3 Å². The summed E-state index contributed by atoms with van der Waals surface area (Å²) in [5.41, 5.74) is 1.03. The average Bonchev–Trinajstić information content (AvgIpc) is 2.93. The number of aromatic hydroxyl groups is 2. The van der Waals surface area contributed by atoms with Crippen LogP contribution in [0.3, 0.4) is 0 Å². The lowest BCUT2D eigenvalue weighted by Gasteiger charge is -2.26. The molecule has 1 aliphatic heterocycles. The van der Waals surface area contributed by atoms with Crippen LogP contribution in [-0.2, 0) is 11.3 Å². The van der Waals surface area contributed by atoms with Crippen LogP contribution in [0, 0.1) is 5.92 Å². The Hall–Kier alpha value is -5.05. The predicted octanol–water partition coefficient (Wildman–Crippen LogP) is 5.29. The number of aromatic nitrogens is 1. The Bertz CT molecular complexity index is 1990. The van der Waals surface area contributed by atoms with Crippen molar-refractivity contribution in [1.29, 1.82) is 0 Å². The lowest BCUT2D eigenvalue weighted by atomic mass is 9.85. The van der Waals surface area contributed by atoms with Crippen molar-refractivity contribution in [2.24, 2.45) is 5.92 Å². The second-order valence-corrected chi connectivity index (χ2v) is 10.6. The van der Waals surface area contributed by atoms with Crippen molar-refractivity contribution in [3.05, 3.63) is 92.4 Å². The molecule has 208 valence electrons. The smallest absolute Gasteiger partial charge is 0.312 e. The topological polar surface area (TPSA) is 128 Å². The van der Waals surface area contributed by atoms with Gasteiger partial charge in [-0.15, -0.1) is 0 Å². The van der Waals surface area contributed by atoms with Gasteiger partial charge in [-0.05, 0) is 41.6 Å². The molecule has 6 rings (SSSR count). The quantitative estimate of drug-likeness (QED) is 0.222. The van der Waals surface area contributed by atoms with E-state index in [1.807, 2.05) is 38.1 Å². The number of ether oxygens (including phenoxy) is 2. The lowest BCUT2D eigenvalue weighted by Crippen LogP contribution is -2.31. The molecule has 0 spiro atoms. The molecule has 0 saturated carbocycles. The van der Waals surface area contributed by atoms with Gasteiger partial charge in [0.25, 0.3) is 5.56 Å². The van der Waals surface area contributed by atoms with Gasteiger partial charge in [-0.1, -0.05) is 32.0 Å². The van der Waals surface area contributed by atoms with Gasteiger partial charge in [0.2, 0.25) is 0 Å². The largest absolute Gasteiger partial charge is 0.507 e. The highest BCUT2D eigenvalue weighted by atomic mass is 16.5. The van der Waals surface area contributed by atoms with Crippen LogP contribution in [0.2, 0.25) is 0 Å². The zero-order valence-electron chi connectivity index (χ0n) is 22.6. The molecule has 1 aliphatic rings. The van der Waals surface area contributed by atoms with E-state index in [4.69, 9.17) is 13.9 Å². The summed E-state index contributed by atoms with van der Waals surface area (Å²) in [6.45, 7) is 4.50. The zero-order chi connectivity index (χ0) is 29.0. The fraction of sp³-hybridized carbons (Fsp3) is 0.219. The van der Waals surface area contributed by atoms with E-state index >= 15 is 0 Å². The molecule has 41 heavy (non-hydrogen) atoms. The standard InChI is InChI=1S/C32H27NO8/c1-16(2)15-33-21-7-5-4-6-17(21)10-20(32(33)38)19-12-28(37)40-27-14-24(36)30-23(35)13-26(41-31(30)29(19)27)18-8-9-25(39-3)22(34)11-18/h4-11,13-14,16,19,34,36H,12,15H2,1-3H3. The van der Waals surface area contributed by atoms with Gasteiger partial charge in [0.1, 0.15) is 28.2 Å². The van der Waals surface area contributed by atoms with E-state index in [0.29, 0.717) is 23.2 Å². The van der Waals surface area contributed by atoms with Crippen molar-refractivity contribution in [2.45, 2.75) is 32.7 Å². The maximum absolute atomic E-state index is 14.0. The summed E-state index contributed by atoms with van der Waals surface area (Å²) >= 11 is 0. The Kier molecular flexibility index (Phi) is 6.29. The minimum absolute atomic E-state index is 0.00160. The van der Waals surface area contributed by atoms with E-state index in [2.05, 4.69) is 0 Å². The van der Waals surface area contributed by atoms with Crippen LogP contribution < -0.4 is 20.5 Å².